The van der Waals surface area contributed by atoms with E-state index in [1.165, 1.54) is 71.6 Å². The van der Waals surface area contributed by atoms with Crippen LogP contribution in [0, 0.1) is 22.7 Å². The molecule has 0 aromatic heterocycles. The second kappa shape index (κ2) is 15.2. The zero-order valence-electron chi connectivity index (χ0n) is 40.2. The molecule has 332 valence electrons. The van der Waals surface area contributed by atoms with E-state index >= 15 is 0 Å². The highest BCUT2D eigenvalue weighted by atomic mass is 15.2. The quantitative estimate of drug-likeness (QED) is 0.156. The van der Waals surface area contributed by atoms with E-state index in [4.69, 9.17) is 0 Å². The number of hydrogen-bond acceptors (Lipinski definition) is 4. The lowest BCUT2D eigenvalue weighted by molar-refractivity contribution is 0.591. The number of nitrogens with zero attached hydrogens (tertiary/aromatic N) is 4. The average Bonchev–Trinajstić information content (AvgIpc) is 3.56. The molecule has 0 atom stereocenters. The topological polar surface area (TPSA) is 54.1 Å². The summed E-state index contributed by atoms with van der Waals surface area (Å²) in [7, 11) is 0. The number of benzene rings is 9. The fourth-order valence-corrected chi connectivity index (χ4v) is 11.8. The van der Waals surface area contributed by atoms with Gasteiger partial charge in [-0.3, -0.25) is 0 Å². The van der Waals surface area contributed by atoms with Gasteiger partial charge in [0.05, 0.1) is 34.6 Å². The van der Waals surface area contributed by atoms with E-state index in [2.05, 4.69) is 222 Å². The van der Waals surface area contributed by atoms with Crippen LogP contribution in [0.3, 0.4) is 0 Å². The number of fused-ring (bicyclic) bond motifs is 5. The van der Waals surface area contributed by atoms with Crippen molar-refractivity contribution in [2.45, 2.75) is 71.1 Å². The van der Waals surface area contributed by atoms with Crippen LogP contribution in [-0.4, -0.2) is 0 Å². The molecule has 9 aromatic carbocycles. The van der Waals surface area contributed by atoms with Crippen LogP contribution in [0.25, 0.3) is 49.0 Å². The molecular formula is C65H52N4. The number of nitriles is 2. The maximum atomic E-state index is 10.1. The van der Waals surface area contributed by atoms with Gasteiger partial charge in [0.2, 0.25) is 0 Å². The third-order valence-corrected chi connectivity index (χ3v) is 15.4. The molecule has 0 unspecified atom stereocenters. The summed E-state index contributed by atoms with van der Waals surface area (Å²) in [6.07, 6.45) is 7.85. The molecule has 12 rings (SSSR count). The van der Waals surface area contributed by atoms with Crippen LogP contribution >= 0.6 is 0 Å². The lowest BCUT2D eigenvalue weighted by Gasteiger charge is -2.34. The van der Waals surface area contributed by atoms with Gasteiger partial charge in [0.1, 0.15) is 0 Å². The number of hydrogen-bond donors (Lipinski definition) is 0. The molecule has 0 N–H and O–H groups in total. The Morgan fingerprint density at radius 3 is 1.65 bits per heavy atom. The molecule has 3 aliphatic rings. The van der Waals surface area contributed by atoms with E-state index < -0.39 is 0 Å². The number of anilines is 5. The maximum absolute atomic E-state index is 10.1. The van der Waals surface area contributed by atoms with E-state index in [0.717, 1.165) is 51.3 Å². The van der Waals surface area contributed by atoms with Crippen molar-refractivity contribution < 1.29 is 0 Å². The summed E-state index contributed by atoms with van der Waals surface area (Å²) in [5.41, 5.74) is 18.6. The highest BCUT2D eigenvalue weighted by Crippen LogP contribution is 2.55. The van der Waals surface area contributed by atoms with Crippen molar-refractivity contribution in [3.63, 3.8) is 0 Å². The standard InChI is InChI=1S/C65H52N4/c1-63(2,3)44-33-42-23-30-53-59(68(45-25-19-40(38-66)20-26-45)47-13-12-16-51-49-14-8-10-17-55(49)64(4,5)57(51)35-47)37-60(54-31-24-43(34-44)61(42)62(53)54)69(46-27-21-41(39-67)22-28-46)48-29-32-52-50-15-9-11-18-56(50)65(6,7)58(52)36-48/h8-15,17-37H,16H2,1-7H3. The minimum Gasteiger partial charge on any atom is -0.310 e. The SMILES string of the molecule is CC(C)(C)c1cc2ccc3c(N(C4=CC5=C(CC=C4)c4ccccc4C5(C)C)c4ccc(C#N)cc4)cc(N(c4ccc(C#N)cc4)c4ccc5c(c4)C(C)(C)c4ccccc4-5)c4ccc(c1)c2c34. The van der Waals surface area contributed by atoms with Gasteiger partial charge in [-0.05, 0) is 157 Å². The van der Waals surface area contributed by atoms with E-state index in [9.17, 15) is 10.5 Å². The summed E-state index contributed by atoms with van der Waals surface area (Å²) in [5, 5.41) is 27.2. The molecule has 0 heterocycles. The lowest BCUT2D eigenvalue weighted by atomic mass is 9.81. The minimum absolute atomic E-state index is 0.0416. The van der Waals surface area contributed by atoms with Crippen molar-refractivity contribution in [1.82, 2.24) is 0 Å². The third-order valence-electron chi connectivity index (χ3n) is 15.4. The van der Waals surface area contributed by atoms with Gasteiger partial charge >= 0.3 is 0 Å². The van der Waals surface area contributed by atoms with Crippen LogP contribution in [0.4, 0.5) is 28.4 Å². The smallest absolute Gasteiger partial charge is 0.0991 e. The fourth-order valence-electron chi connectivity index (χ4n) is 11.8. The van der Waals surface area contributed by atoms with Gasteiger partial charge in [0.25, 0.3) is 0 Å². The van der Waals surface area contributed by atoms with Gasteiger partial charge in [0, 0.05) is 49.7 Å². The lowest BCUT2D eigenvalue weighted by Crippen LogP contribution is -2.20. The molecule has 0 radical (unpaired) electrons. The van der Waals surface area contributed by atoms with E-state index in [1.54, 1.807) is 0 Å². The van der Waals surface area contributed by atoms with Crippen LogP contribution in [0.15, 0.2) is 187 Å². The summed E-state index contributed by atoms with van der Waals surface area (Å²) < 4.78 is 0. The molecular weight excluding hydrogens is 837 g/mol. The summed E-state index contributed by atoms with van der Waals surface area (Å²) in [6, 6.07) is 61.9. The summed E-state index contributed by atoms with van der Waals surface area (Å²) >= 11 is 0. The molecule has 0 amide bonds. The van der Waals surface area contributed by atoms with Gasteiger partial charge in [-0.1, -0.05) is 146 Å². The van der Waals surface area contributed by atoms with Crippen molar-refractivity contribution in [2.24, 2.45) is 0 Å². The fraction of sp³-hybridized carbons (Fsp3) is 0.169. The summed E-state index contributed by atoms with van der Waals surface area (Å²) in [5.74, 6) is 0. The van der Waals surface area contributed by atoms with Gasteiger partial charge < -0.3 is 9.80 Å². The molecule has 4 nitrogen and oxygen atoms in total. The second-order valence-corrected chi connectivity index (χ2v) is 21.2. The number of rotatable bonds is 6. The Kier molecular flexibility index (Phi) is 9.27. The normalized spacial score (nSPS) is 15.3. The van der Waals surface area contributed by atoms with Gasteiger partial charge in [-0.2, -0.15) is 10.5 Å². The van der Waals surface area contributed by atoms with E-state index in [0.29, 0.717) is 11.1 Å². The molecule has 0 fully saturated rings. The van der Waals surface area contributed by atoms with Crippen LogP contribution in [-0.2, 0) is 16.2 Å². The molecule has 4 heteroatoms. The summed E-state index contributed by atoms with van der Waals surface area (Å²) in [6.45, 7) is 16.2. The average molecular weight is 889 g/mol. The first-order chi connectivity index (χ1) is 33.3. The van der Waals surface area contributed by atoms with Crippen molar-refractivity contribution in [3.05, 3.63) is 226 Å². The van der Waals surface area contributed by atoms with Crippen LogP contribution < -0.4 is 9.80 Å². The Balaban J connectivity index is 1.19. The van der Waals surface area contributed by atoms with Crippen LogP contribution in [0.5, 0.6) is 0 Å². The zero-order valence-corrected chi connectivity index (χ0v) is 40.2. The second-order valence-electron chi connectivity index (χ2n) is 21.2. The first kappa shape index (κ1) is 42.2. The minimum atomic E-state index is -0.219. The predicted octanol–water partition coefficient (Wildman–Crippen LogP) is 17.1. The van der Waals surface area contributed by atoms with Crippen molar-refractivity contribution >= 4 is 66.3 Å². The number of allylic oxidation sites excluding steroid dienone is 5. The molecule has 0 spiro atoms. The largest absolute Gasteiger partial charge is 0.310 e. The molecule has 3 aliphatic carbocycles. The Labute approximate surface area is 405 Å². The van der Waals surface area contributed by atoms with Gasteiger partial charge in [0.15, 0.2) is 0 Å². The Morgan fingerprint density at radius 1 is 0.507 bits per heavy atom. The van der Waals surface area contributed by atoms with Crippen molar-refractivity contribution in [3.8, 4) is 23.3 Å². The Hall–Kier alpha value is -8.18. The monoisotopic (exact) mass is 888 g/mol. The zero-order chi connectivity index (χ0) is 47.6. The highest BCUT2D eigenvalue weighted by molar-refractivity contribution is 6.29. The van der Waals surface area contributed by atoms with Gasteiger partial charge in [-0.15, -0.1) is 0 Å². The maximum Gasteiger partial charge on any atom is 0.0991 e. The van der Waals surface area contributed by atoms with E-state index in [1.807, 2.05) is 24.3 Å². The van der Waals surface area contributed by atoms with Gasteiger partial charge in [-0.25, -0.2) is 0 Å². The Morgan fingerprint density at radius 2 is 1.04 bits per heavy atom. The third kappa shape index (κ3) is 6.40. The van der Waals surface area contributed by atoms with Crippen molar-refractivity contribution in [1.29, 1.82) is 10.5 Å². The Bertz CT molecular complexity index is 3780. The molecule has 0 aliphatic heterocycles. The first-order valence-corrected chi connectivity index (χ1v) is 24.1. The molecule has 0 saturated carbocycles. The predicted molar refractivity (Wildman–Crippen MR) is 287 cm³/mol. The molecule has 0 saturated heterocycles. The van der Waals surface area contributed by atoms with Crippen LogP contribution in [0.1, 0.15) is 93.8 Å². The summed E-state index contributed by atoms with van der Waals surface area (Å²) in [4.78, 5) is 4.82. The van der Waals surface area contributed by atoms with Crippen molar-refractivity contribution in [2.75, 3.05) is 9.80 Å². The first-order valence-electron chi connectivity index (χ1n) is 24.1. The molecule has 0 bridgehead atoms. The highest BCUT2D eigenvalue weighted by Gasteiger charge is 2.38. The molecule has 69 heavy (non-hydrogen) atoms. The van der Waals surface area contributed by atoms with Crippen LogP contribution in [0.2, 0.25) is 0 Å². The molecule has 9 aromatic rings. The van der Waals surface area contributed by atoms with E-state index in [-0.39, 0.29) is 16.2 Å².